The van der Waals surface area contributed by atoms with Crippen molar-refractivity contribution in [3.63, 3.8) is 0 Å². The molecule has 0 bridgehead atoms. The highest BCUT2D eigenvalue weighted by Crippen LogP contribution is 2.17. The van der Waals surface area contributed by atoms with Crippen molar-refractivity contribution in [2.45, 2.75) is 277 Å². The topological polar surface area (TPSA) is 108 Å². The monoisotopic (exact) mass is 1170 g/mol. The van der Waals surface area contributed by atoms with Crippen LogP contribution in [0.4, 0.5) is 0 Å². The summed E-state index contributed by atoms with van der Waals surface area (Å²) in [6.07, 6.45) is 89.8. The van der Waals surface area contributed by atoms with E-state index in [4.69, 9.17) is 18.9 Å². The summed E-state index contributed by atoms with van der Waals surface area (Å²) in [6.45, 7) is 4.74. The van der Waals surface area contributed by atoms with Crippen LogP contribution in [0.2, 0.25) is 0 Å². The second kappa shape index (κ2) is 64.4. The zero-order valence-corrected chi connectivity index (χ0v) is 54.5. The maximum atomic E-state index is 12.9. The fourth-order valence-corrected chi connectivity index (χ4v) is 9.02. The van der Waals surface area contributed by atoms with Gasteiger partial charge in [-0.3, -0.25) is 9.59 Å². The number of ether oxygens (including phenoxy) is 4. The van der Waals surface area contributed by atoms with Crippen LogP contribution in [0.15, 0.2) is 134 Å². The van der Waals surface area contributed by atoms with Gasteiger partial charge >= 0.3 is 17.9 Å². The summed E-state index contributed by atoms with van der Waals surface area (Å²) >= 11 is 0. The Hall–Kier alpha value is -4.57. The van der Waals surface area contributed by atoms with Gasteiger partial charge in [0.25, 0.3) is 6.29 Å². The van der Waals surface area contributed by atoms with Gasteiger partial charge in [0.05, 0.1) is 34.4 Å². The summed E-state index contributed by atoms with van der Waals surface area (Å²) in [6, 6.07) is 0. The van der Waals surface area contributed by atoms with Crippen LogP contribution in [0.5, 0.6) is 0 Å². The van der Waals surface area contributed by atoms with E-state index in [0.717, 1.165) is 109 Å². The van der Waals surface area contributed by atoms with Crippen LogP contribution in [0, 0.1) is 0 Å². The first-order valence-electron chi connectivity index (χ1n) is 33.8. The first-order chi connectivity index (χ1) is 41.1. The third kappa shape index (κ3) is 65.0. The van der Waals surface area contributed by atoms with Crippen LogP contribution in [0.25, 0.3) is 0 Å². The molecule has 0 saturated carbocycles. The Morgan fingerprint density at radius 3 is 1.01 bits per heavy atom. The number of allylic oxidation sites excluding steroid dienone is 22. The molecule has 84 heavy (non-hydrogen) atoms. The number of likely N-dealkylation sites (N-methyl/N-ethyl adjacent to an activating group) is 1. The number of esters is 2. The third-order valence-corrected chi connectivity index (χ3v) is 14.2. The van der Waals surface area contributed by atoms with E-state index in [1.807, 2.05) is 21.1 Å². The quantitative estimate of drug-likeness (QED) is 0.0211. The summed E-state index contributed by atoms with van der Waals surface area (Å²) in [5.41, 5.74) is 0. The van der Waals surface area contributed by atoms with Gasteiger partial charge in [-0.05, 0) is 96.3 Å². The second-order valence-corrected chi connectivity index (χ2v) is 23.4. The number of hydrogen-bond donors (Lipinski definition) is 1. The van der Waals surface area contributed by atoms with Crippen molar-refractivity contribution >= 4 is 17.9 Å². The van der Waals surface area contributed by atoms with Gasteiger partial charge in [-0.15, -0.1) is 0 Å². The lowest BCUT2D eigenvalue weighted by atomic mass is 10.0. The average molecular weight is 1170 g/mol. The van der Waals surface area contributed by atoms with Gasteiger partial charge in [-0.25, -0.2) is 4.79 Å². The molecule has 0 saturated heterocycles. The zero-order chi connectivity index (χ0) is 61.2. The number of hydrogen-bond acceptors (Lipinski definition) is 7. The van der Waals surface area contributed by atoms with E-state index >= 15 is 0 Å². The molecule has 0 radical (unpaired) electrons. The number of carboxylic acid groups (broad SMARTS) is 1. The van der Waals surface area contributed by atoms with Crippen LogP contribution >= 0.6 is 0 Å². The second-order valence-electron chi connectivity index (χ2n) is 23.4. The molecular weight excluding hydrogens is 1040 g/mol. The van der Waals surface area contributed by atoms with Gasteiger partial charge in [0.15, 0.2) is 6.10 Å². The molecule has 0 aromatic heterocycles. The van der Waals surface area contributed by atoms with Crippen molar-refractivity contribution < 1.29 is 42.9 Å². The molecule has 2 unspecified atom stereocenters. The molecule has 0 heterocycles. The van der Waals surface area contributed by atoms with E-state index in [0.29, 0.717) is 23.9 Å². The van der Waals surface area contributed by atoms with E-state index < -0.39 is 24.3 Å². The van der Waals surface area contributed by atoms with E-state index in [9.17, 15) is 19.5 Å². The molecule has 2 atom stereocenters. The van der Waals surface area contributed by atoms with Crippen molar-refractivity contribution in [3.8, 4) is 0 Å². The lowest BCUT2D eigenvalue weighted by molar-refractivity contribution is -0.870. The lowest BCUT2D eigenvalue weighted by Crippen LogP contribution is -2.40. The Labute approximate surface area is 516 Å². The minimum atomic E-state index is -1.53. The molecule has 0 aliphatic heterocycles. The summed E-state index contributed by atoms with van der Waals surface area (Å²) in [4.78, 5) is 37.6. The van der Waals surface area contributed by atoms with Crippen LogP contribution < -0.4 is 0 Å². The van der Waals surface area contributed by atoms with Crippen LogP contribution in [-0.4, -0.2) is 87.4 Å². The molecule has 0 aromatic carbocycles. The normalized spacial score (nSPS) is 13.6. The summed E-state index contributed by atoms with van der Waals surface area (Å²) in [5, 5.41) is 9.73. The van der Waals surface area contributed by atoms with E-state index in [1.54, 1.807) is 0 Å². The highest BCUT2D eigenvalue weighted by atomic mass is 16.7. The fourth-order valence-electron chi connectivity index (χ4n) is 9.02. The Balaban J connectivity index is 4.26. The van der Waals surface area contributed by atoms with Gasteiger partial charge in [0.1, 0.15) is 13.2 Å². The predicted octanol–water partition coefficient (Wildman–Crippen LogP) is 21.0. The van der Waals surface area contributed by atoms with Crippen molar-refractivity contribution in [1.29, 1.82) is 0 Å². The Morgan fingerprint density at radius 2 is 0.679 bits per heavy atom. The van der Waals surface area contributed by atoms with Gasteiger partial charge in [0, 0.05) is 12.8 Å². The van der Waals surface area contributed by atoms with Gasteiger partial charge in [0.2, 0.25) is 0 Å². The molecular formula is C75H126NO8+. The minimum Gasteiger partial charge on any atom is -0.477 e. The molecule has 0 spiro atoms. The lowest BCUT2D eigenvalue weighted by Gasteiger charge is -2.25. The number of carbonyl (C=O) groups excluding carboxylic acids is 2. The van der Waals surface area contributed by atoms with Crippen molar-refractivity contribution in [1.82, 2.24) is 0 Å². The molecule has 0 rings (SSSR count). The van der Waals surface area contributed by atoms with Crippen molar-refractivity contribution in [2.75, 3.05) is 47.5 Å². The maximum absolute atomic E-state index is 12.9. The standard InChI is InChI=1S/C75H125NO8/c1-6-8-10-12-14-16-18-20-22-24-26-28-30-31-32-33-34-35-36-37-38-39-40-41-42-43-44-46-48-50-52-54-56-58-60-62-64-66-73(78)84-71(70-83-75(74(79)80)81-68-67-76(3,4)5)69-82-72(77)65-63-61-59-57-55-53-51-49-47-45-29-27-25-23-21-19-17-15-13-11-9-7-2/h8,10,14,16,20,22,26,28,31-32,34-35,37-38,40-41,43-44,48,50,54,56,71,75H,6-7,9,11-13,15,17-19,21,23-25,27,29-30,33,36,39,42,45-47,49,51-53,55,57-70H2,1-5H3/p+1/b10-8-,16-14-,22-20-,28-26-,32-31-,35-34-,38-37-,41-40-,44-43-,50-48-,56-54-. The average Bonchev–Trinajstić information content (AvgIpc) is 3.55. The largest absolute Gasteiger partial charge is 0.477 e. The molecule has 9 nitrogen and oxygen atoms in total. The number of unbranched alkanes of at least 4 members (excludes halogenated alkanes) is 24. The van der Waals surface area contributed by atoms with Gasteiger partial charge in [-0.1, -0.05) is 289 Å². The molecule has 0 aromatic rings. The van der Waals surface area contributed by atoms with E-state index in [1.165, 1.54) is 122 Å². The number of quaternary nitrogens is 1. The summed E-state index contributed by atoms with van der Waals surface area (Å²) in [7, 11) is 5.96. The molecule has 0 aliphatic rings. The Morgan fingerprint density at radius 1 is 0.369 bits per heavy atom. The first-order valence-corrected chi connectivity index (χ1v) is 33.8. The minimum absolute atomic E-state index is 0.175. The molecule has 0 fully saturated rings. The molecule has 0 aliphatic carbocycles. The van der Waals surface area contributed by atoms with Gasteiger partial charge < -0.3 is 28.5 Å². The van der Waals surface area contributed by atoms with Gasteiger partial charge in [-0.2, -0.15) is 0 Å². The molecule has 9 heteroatoms. The number of carbonyl (C=O) groups is 3. The Kier molecular flexibility index (Phi) is 60.9. The number of aliphatic carboxylic acids is 1. The van der Waals surface area contributed by atoms with Crippen LogP contribution in [0.1, 0.15) is 264 Å². The highest BCUT2D eigenvalue weighted by molar-refractivity contribution is 5.71. The summed E-state index contributed by atoms with van der Waals surface area (Å²) in [5.74, 6) is -2.05. The highest BCUT2D eigenvalue weighted by Gasteiger charge is 2.25. The van der Waals surface area contributed by atoms with Crippen LogP contribution in [-0.2, 0) is 33.3 Å². The number of nitrogens with zero attached hydrogens (tertiary/aromatic N) is 1. The Bertz CT molecular complexity index is 1840. The molecule has 478 valence electrons. The number of carboxylic acids is 1. The first kappa shape index (κ1) is 79.4. The SMILES string of the molecule is CC/C=C\C/C=C\C/C=C\C/C=C\C/C=C\C/C=C\C/C=C\C/C=C\C/C=C\C/C=C\C/C=C\CCCCCC(=O)OC(COC(=O)CCCCCCCCCCCCCCCCCCCCCCCC)COC(OCC[N+](C)(C)C)C(=O)O. The van der Waals surface area contributed by atoms with E-state index in [-0.39, 0.29) is 32.2 Å². The molecule has 1 N–H and O–H groups in total. The predicted molar refractivity (Wildman–Crippen MR) is 359 cm³/mol. The van der Waals surface area contributed by atoms with Crippen molar-refractivity contribution in [3.05, 3.63) is 134 Å². The summed E-state index contributed by atoms with van der Waals surface area (Å²) < 4.78 is 22.9. The van der Waals surface area contributed by atoms with Crippen LogP contribution in [0.3, 0.4) is 0 Å². The zero-order valence-electron chi connectivity index (χ0n) is 54.5. The smallest absolute Gasteiger partial charge is 0.361 e. The molecule has 0 amide bonds. The van der Waals surface area contributed by atoms with E-state index in [2.05, 4.69) is 148 Å². The third-order valence-electron chi connectivity index (χ3n) is 14.2. The fraction of sp³-hybridized carbons (Fsp3) is 0.667. The maximum Gasteiger partial charge on any atom is 0.361 e. The van der Waals surface area contributed by atoms with Crippen molar-refractivity contribution in [2.24, 2.45) is 0 Å². The number of rotatable bonds is 61.